The molecule has 0 bridgehead atoms. The molecule has 0 aliphatic heterocycles. The maximum atomic E-state index is 12.4. The zero-order valence-electron chi connectivity index (χ0n) is 14.0. The van der Waals surface area contributed by atoms with Crippen LogP contribution in [0, 0.1) is 0 Å². The van der Waals surface area contributed by atoms with Crippen molar-refractivity contribution in [3.63, 3.8) is 0 Å². The van der Waals surface area contributed by atoms with Crippen LogP contribution in [0.3, 0.4) is 0 Å². The second-order valence-electron chi connectivity index (χ2n) is 6.02. The highest BCUT2D eigenvalue weighted by Crippen LogP contribution is 2.16. The highest BCUT2D eigenvalue weighted by Gasteiger charge is 2.30. The van der Waals surface area contributed by atoms with Crippen LogP contribution in [-0.4, -0.2) is 35.2 Å². The predicted molar refractivity (Wildman–Crippen MR) is 84.3 cm³/mol. The first-order valence-corrected chi connectivity index (χ1v) is 7.44. The third kappa shape index (κ3) is 5.76. The van der Waals surface area contributed by atoms with Crippen LogP contribution in [0.25, 0.3) is 0 Å². The molecule has 0 fully saturated rings. The molecule has 22 heavy (non-hydrogen) atoms. The van der Waals surface area contributed by atoms with Crippen molar-refractivity contribution >= 4 is 12.1 Å². The Balaban J connectivity index is 2.94. The fourth-order valence-corrected chi connectivity index (χ4v) is 1.85. The molecule has 0 spiro atoms. The Hall–Kier alpha value is -2.04. The van der Waals surface area contributed by atoms with Crippen molar-refractivity contribution in [2.24, 2.45) is 0 Å². The molecule has 1 amide bonds. The van der Waals surface area contributed by atoms with Gasteiger partial charge in [-0.3, -0.25) is 4.90 Å². The van der Waals surface area contributed by atoms with Crippen LogP contribution >= 0.6 is 0 Å². The highest BCUT2D eigenvalue weighted by molar-refractivity contribution is 5.81. The second kappa shape index (κ2) is 7.82. The van der Waals surface area contributed by atoms with E-state index in [1.54, 1.807) is 34.6 Å². The molecule has 5 heteroatoms. The number of carbonyl (C=O) groups is 2. The summed E-state index contributed by atoms with van der Waals surface area (Å²) in [6.45, 7) is 9.32. The quantitative estimate of drug-likeness (QED) is 0.783. The van der Waals surface area contributed by atoms with Gasteiger partial charge in [-0.25, -0.2) is 9.59 Å². The molecule has 0 unspecified atom stereocenters. The van der Waals surface area contributed by atoms with Gasteiger partial charge in [-0.2, -0.15) is 0 Å². The number of rotatable bonds is 5. The molecule has 0 aliphatic rings. The van der Waals surface area contributed by atoms with Crippen LogP contribution in [0.15, 0.2) is 30.3 Å². The van der Waals surface area contributed by atoms with Crippen LogP contribution in [0.2, 0.25) is 0 Å². The predicted octanol–water partition coefficient (Wildman–Crippen LogP) is 3.38. The third-order valence-corrected chi connectivity index (χ3v) is 2.92. The Morgan fingerprint density at radius 3 is 2.27 bits per heavy atom. The summed E-state index contributed by atoms with van der Waals surface area (Å²) in [6, 6.07) is 8.76. The summed E-state index contributed by atoms with van der Waals surface area (Å²) in [4.78, 5) is 25.8. The Bertz CT molecular complexity index is 493. The largest absolute Gasteiger partial charge is 0.464 e. The topological polar surface area (TPSA) is 55.8 Å². The van der Waals surface area contributed by atoms with E-state index in [1.807, 2.05) is 30.3 Å². The van der Waals surface area contributed by atoms with E-state index >= 15 is 0 Å². The zero-order chi connectivity index (χ0) is 16.8. The molecule has 0 N–H and O–H groups in total. The van der Waals surface area contributed by atoms with Gasteiger partial charge in [0.15, 0.2) is 0 Å². The van der Waals surface area contributed by atoms with E-state index in [0.29, 0.717) is 0 Å². The van der Waals surface area contributed by atoms with Crippen molar-refractivity contribution in [1.82, 2.24) is 4.90 Å². The number of benzene rings is 1. The van der Waals surface area contributed by atoms with Crippen LogP contribution in [0.5, 0.6) is 0 Å². The molecule has 0 aromatic heterocycles. The molecule has 0 heterocycles. The standard InChI is InChI=1S/C17H25NO4/c1-6-21-15(19)13(2)18(16(20)22-17(3,4)5)12-14-10-8-7-9-11-14/h7-11,13H,6,12H2,1-5H3/t13-/m0/s1. The van der Waals surface area contributed by atoms with E-state index in [4.69, 9.17) is 9.47 Å². The fourth-order valence-electron chi connectivity index (χ4n) is 1.85. The molecule has 0 saturated heterocycles. The molecule has 1 atom stereocenters. The molecule has 0 radical (unpaired) electrons. The van der Waals surface area contributed by atoms with Crippen molar-refractivity contribution in [3.8, 4) is 0 Å². The van der Waals surface area contributed by atoms with Crippen LogP contribution in [0.1, 0.15) is 40.2 Å². The monoisotopic (exact) mass is 307 g/mol. The summed E-state index contributed by atoms with van der Waals surface area (Å²) in [7, 11) is 0. The first-order valence-electron chi connectivity index (χ1n) is 7.44. The molecule has 122 valence electrons. The van der Waals surface area contributed by atoms with Gasteiger partial charge in [-0.05, 0) is 40.2 Å². The van der Waals surface area contributed by atoms with Gasteiger partial charge >= 0.3 is 12.1 Å². The molecule has 1 rings (SSSR count). The van der Waals surface area contributed by atoms with Crippen molar-refractivity contribution < 1.29 is 19.1 Å². The lowest BCUT2D eigenvalue weighted by atomic mass is 10.2. The summed E-state index contributed by atoms with van der Waals surface area (Å²) in [5.74, 6) is -0.440. The first-order chi connectivity index (χ1) is 10.2. The second-order valence-corrected chi connectivity index (χ2v) is 6.02. The smallest absolute Gasteiger partial charge is 0.411 e. The SMILES string of the molecule is CCOC(=O)[C@H](C)N(Cc1ccccc1)C(=O)OC(C)(C)C. The lowest BCUT2D eigenvalue weighted by molar-refractivity contribution is -0.148. The Labute approximate surface area is 132 Å². The van der Waals surface area contributed by atoms with Gasteiger partial charge in [0.25, 0.3) is 0 Å². The summed E-state index contributed by atoms with van der Waals surface area (Å²) >= 11 is 0. The molecular formula is C17H25NO4. The van der Waals surface area contributed by atoms with Crippen LogP contribution < -0.4 is 0 Å². The summed E-state index contributed by atoms with van der Waals surface area (Å²) < 4.78 is 10.4. The van der Waals surface area contributed by atoms with Crippen molar-refractivity contribution in [3.05, 3.63) is 35.9 Å². The third-order valence-electron chi connectivity index (χ3n) is 2.92. The molecule has 5 nitrogen and oxygen atoms in total. The lowest BCUT2D eigenvalue weighted by Gasteiger charge is -2.30. The van der Waals surface area contributed by atoms with Gasteiger partial charge in [-0.1, -0.05) is 30.3 Å². The number of hydrogen-bond donors (Lipinski definition) is 0. The van der Waals surface area contributed by atoms with E-state index < -0.39 is 23.7 Å². The summed E-state index contributed by atoms with van der Waals surface area (Å²) in [6.07, 6.45) is -0.531. The highest BCUT2D eigenvalue weighted by atomic mass is 16.6. The molecule has 1 aromatic rings. The molecule has 0 saturated carbocycles. The van der Waals surface area contributed by atoms with Crippen molar-refractivity contribution in [1.29, 1.82) is 0 Å². The minimum Gasteiger partial charge on any atom is -0.464 e. The normalized spacial score (nSPS) is 12.4. The number of carbonyl (C=O) groups excluding carboxylic acids is 2. The van der Waals surface area contributed by atoms with E-state index in [2.05, 4.69) is 0 Å². The van der Waals surface area contributed by atoms with E-state index in [9.17, 15) is 9.59 Å². The molecule has 0 aliphatic carbocycles. The lowest BCUT2D eigenvalue weighted by Crippen LogP contribution is -2.45. The van der Waals surface area contributed by atoms with Gasteiger partial charge in [0.1, 0.15) is 11.6 Å². The number of esters is 1. The van der Waals surface area contributed by atoms with Crippen LogP contribution in [-0.2, 0) is 20.8 Å². The van der Waals surface area contributed by atoms with Gasteiger partial charge in [0, 0.05) is 6.54 Å². The summed E-state index contributed by atoms with van der Waals surface area (Å²) in [5.41, 5.74) is 0.296. The van der Waals surface area contributed by atoms with Crippen molar-refractivity contribution in [2.75, 3.05) is 6.61 Å². The van der Waals surface area contributed by atoms with Gasteiger partial charge in [-0.15, -0.1) is 0 Å². The van der Waals surface area contributed by atoms with Gasteiger partial charge in [0.2, 0.25) is 0 Å². The Kier molecular flexibility index (Phi) is 6.40. The maximum absolute atomic E-state index is 12.4. The fraction of sp³-hybridized carbons (Fsp3) is 0.529. The van der Waals surface area contributed by atoms with Gasteiger partial charge < -0.3 is 9.47 Å². The average Bonchev–Trinajstić information content (AvgIpc) is 2.43. The van der Waals surface area contributed by atoms with Crippen molar-refractivity contribution in [2.45, 2.75) is 52.8 Å². The average molecular weight is 307 g/mol. The van der Waals surface area contributed by atoms with E-state index in [-0.39, 0.29) is 13.2 Å². The number of amides is 1. The van der Waals surface area contributed by atoms with E-state index in [0.717, 1.165) is 5.56 Å². The number of ether oxygens (including phenoxy) is 2. The maximum Gasteiger partial charge on any atom is 0.411 e. The number of nitrogens with zero attached hydrogens (tertiary/aromatic N) is 1. The zero-order valence-corrected chi connectivity index (χ0v) is 14.0. The Morgan fingerprint density at radius 2 is 1.77 bits per heavy atom. The molecular weight excluding hydrogens is 282 g/mol. The summed E-state index contributed by atoms with van der Waals surface area (Å²) in [5, 5.41) is 0. The number of hydrogen-bond acceptors (Lipinski definition) is 4. The van der Waals surface area contributed by atoms with Crippen LogP contribution in [0.4, 0.5) is 4.79 Å². The first kappa shape index (κ1) is 18.0. The minimum atomic E-state index is -0.713. The van der Waals surface area contributed by atoms with E-state index in [1.165, 1.54) is 4.90 Å². The Morgan fingerprint density at radius 1 is 1.18 bits per heavy atom. The minimum absolute atomic E-state index is 0.274. The molecule has 1 aromatic carbocycles. The van der Waals surface area contributed by atoms with Gasteiger partial charge in [0.05, 0.1) is 6.61 Å².